The van der Waals surface area contributed by atoms with E-state index in [0.29, 0.717) is 6.16 Å². The fourth-order valence-electron chi connectivity index (χ4n) is 1.62. The van der Waals surface area contributed by atoms with Gasteiger partial charge >= 0.3 is 0 Å². The Bertz CT molecular complexity index is 360. The molecule has 1 aromatic carbocycles. The summed E-state index contributed by atoms with van der Waals surface area (Å²) in [6, 6.07) is 7.76. The Hall–Kier alpha value is -0.590. The first-order valence-electron chi connectivity index (χ1n) is 5.35. The van der Waals surface area contributed by atoms with E-state index in [1.807, 2.05) is 31.2 Å². The highest BCUT2D eigenvalue weighted by Crippen LogP contribution is 2.46. The molecule has 0 bridgehead atoms. The molecule has 1 unspecified atom stereocenters. The van der Waals surface area contributed by atoms with Crippen LogP contribution in [0.3, 0.4) is 0 Å². The maximum atomic E-state index is 12.5. The molecule has 0 aromatic heterocycles. The van der Waals surface area contributed by atoms with Gasteiger partial charge in [-0.15, -0.1) is 0 Å². The lowest BCUT2D eigenvalue weighted by molar-refractivity contribution is 0.401. The zero-order valence-corrected chi connectivity index (χ0v) is 10.6. The fraction of sp³-hybridized carbons (Fsp3) is 0.500. The third kappa shape index (κ3) is 2.93. The first-order valence-corrected chi connectivity index (χ1v) is 7.16. The monoisotopic (exact) mass is 226 g/mol. The molecule has 0 saturated heterocycles. The molecule has 2 nitrogen and oxygen atoms in total. The molecule has 0 radical (unpaired) electrons. The quantitative estimate of drug-likeness (QED) is 0.720. The molecule has 1 rings (SSSR count). The van der Waals surface area contributed by atoms with Crippen molar-refractivity contribution in [3.05, 3.63) is 29.8 Å². The number of hydrogen-bond donors (Lipinski definition) is 0. The van der Waals surface area contributed by atoms with Gasteiger partial charge in [-0.2, -0.15) is 0 Å². The van der Waals surface area contributed by atoms with Gasteiger partial charge in [0.05, 0.1) is 0 Å². The molecular formula is C12H19O2P. The van der Waals surface area contributed by atoms with E-state index in [4.69, 9.17) is 4.52 Å². The van der Waals surface area contributed by atoms with Crippen LogP contribution in [-0.4, -0.2) is 13.3 Å². The van der Waals surface area contributed by atoms with Gasteiger partial charge in [-0.1, -0.05) is 31.5 Å². The number of benzene rings is 1. The molecule has 1 aromatic rings. The summed E-state index contributed by atoms with van der Waals surface area (Å²) in [4.78, 5) is 0. The Labute approximate surface area is 92.1 Å². The Balaban J connectivity index is 3.01. The van der Waals surface area contributed by atoms with Gasteiger partial charge in [0, 0.05) is 18.6 Å². The molecule has 3 heteroatoms. The van der Waals surface area contributed by atoms with E-state index in [0.717, 1.165) is 23.7 Å². The van der Waals surface area contributed by atoms with E-state index in [2.05, 4.69) is 6.92 Å². The molecule has 15 heavy (non-hydrogen) atoms. The first-order chi connectivity index (χ1) is 7.14. The Morgan fingerprint density at radius 1 is 1.33 bits per heavy atom. The Kier molecular flexibility index (Phi) is 4.56. The van der Waals surface area contributed by atoms with Crippen molar-refractivity contribution in [3.63, 3.8) is 0 Å². The van der Waals surface area contributed by atoms with Crippen LogP contribution in [0.15, 0.2) is 24.3 Å². The van der Waals surface area contributed by atoms with Crippen molar-refractivity contribution in [3.8, 4) is 0 Å². The summed E-state index contributed by atoms with van der Waals surface area (Å²) in [5.41, 5.74) is 1.05. The minimum atomic E-state index is -2.61. The van der Waals surface area contributed by atoms with Crippen molar-refractivity contribution in [1.82, 2.24) is 0 Å². The van der Waals surface area contributed by atoms with Gasteiger partial charge in [-0.25, -0.2) is 0 Å². The van der Waals surface area contributed by atoms with E-state index in [1.54, 1.807) is 7.11 Å². The summed E-state index contributed by atoms with van der Waals surface area (Å²) < 4.78 is 17.8. The lowest BCUT2D eigenvalue weighted by atomic mass is 10.2. The molecule has 0 aliphatic rings. The second-order valence-electron chi connectivity index (χ2n) is 3.72. The fourth-order valence-corrected chi connectivity index (χ4v) is 3.90. The van der Waals surface area contributed by atoms with Gasteiger partial charge < -0.3 is 4.52 Å². The summed E-state index contributed by atoms with van der Waals surface area (Å²) in [6.45, 7) is 4.07. The van der Waals surface area contributed by atoms with E-state index < -0.39 is 7.37 Å². The van der Waals surface area contributed by atoms with Gasteiger partial charge in [-0.3, -0.25) is 4.57 Å². The maximum Gasteiger partial charge on any atom is 0.232 e. The molecular weight excluding hydrogens is 207 g/mol. The van der Waals surface area contributed by atoms with Crippen LogP contribution in [0.5, 0.6) is 0 Å². The summed E-state index contributed by atoms with van der Waals surface area (Å²) in [7, 11) is -1.06. The third-order valence-electron chi connectivity index (χ3n) is 2.58. The van der Waals surface area contributed by atoms with Crippen LogP contribution < -0.4 is 5.30 Å². The number of hydrogen-bond acceptors (Lipinski definition) is 2. The molecule has 1 atom stereocenters. The van der Waals surface area contributed by atoms with Crippen molar-refractivity contribution in [2.75, 3.05) is 13.3 Å². The molecule has 0 aliphatic heterocycles. The van der Waals surface area contributed by atoms with Crippen molar-refractivity contribution in [2.45, 2.75) is 26.7 Å². The third-order valence-corrected chi connectivity index (χ3v) is 5.31. The lowest BCUT2D eigenvalue weighted by Gasteiger charge is -2.18. The SMILES string of the molecule is CCCCP(=O)(OC)c1ccccc1C. The van der Waals surface area contributed by atoms with E-state index in [1.165, 1.54) is 0 Å². The van der Waals surface area contributed by atoms with E-state index in [-0.39, 0.29) is 0 Å². The van der Waals surface area contributed by atoms with E-state index in [9.17, 15) is 4.57 Å². The van der Waals surface area contributed by atoms with Crippen molar-refractivity contribution in [2.24, 2.45) is 0 Å². The molecule has 0 spiro atoms. The molecule has 0 saturated carbocycles. The van der Waals surface area contributed by atoms with Crippen LogP contribution in [0.4, 0.5) is 0 Å². The van der Waals surface area contributed by atoms with Gasteiger partial charge in [0.2, 0.25) is 7.37 Å². The predicted molar refractivity (Wildman–Crippen MR) is 65.2 cm³/mol. The summed E-state index contributed by atoms with van der Waals surface area (Å²) in [6.07, 6.45) is 2.63. The zero-order valence-electron chi connectivity index (χ0n) is 9.69. The van der Waals surface area contributed by atoms with Crippen LogP contribution in [0.1, 0.15) is 25.3 Å². The van der Waals surface area contributed by atoms with E-state index >= 15 is 0 Å². The minimum absolute atomic E-state index is 0.644. The smallest absolute Gasteiger partial charge is 0.232 e. The van der Waals surface area contributed by atoms with Gasteiger partial charge in [0.1, 0.15) is 0 Å². The summed E-state index contributed by atoms with van der Waals surface area (Å²) in [5, 5.41) is 0.876. The molecule has 0 N–H and O–H groups in total. The number of rotatable bonds is 5. The normalized spacial score (nSPS) is 14.9. The molecule has 84 valence electrons. The average Bonchev–Trinajstić information content (AvgIpc) is 2.26. The van der Waals surface area contributed by atoms with Crippen LogP contribution >= 0.6 is 7.37 Å². The first kappa shape index (κ1) is 12.5. The van der Waals surface area contributed by atoms with Crippen molar-refractivity contribution >= 4 is 12.7 Å². The van der Waals surface area contributed by atoms with Gasteiger partial charge in [-0.05, 0) is 25.0 Å². The predicted octanol–water partition coefficient (Wildman–Crippen LogP) is 3.34. The Morgan fingerprint density at radius 3 is 2.53 bits per heavy atom. The minimum Gasteiger partial charge on any atom is -0.329 e. The average molecular weight is 226 g/mol. The highest BCUT2D eigenvalue weighted by molar-refractivity contribution is 7.67. The summed E-state index contributed by atoms with van der Waals surface area (Å²) >= 11 is 0. The molecule has 0 amide bonds. The second kappa shape index (κ2) is 5.48. The van der Waals surface area contributed by atoms with Crippen molar-refractivity contribution in [1.29, 1.82) is 0 Å². The van der Waals surface area contributed by atoms with Crippen LogP contribution in [0, 0.1) is 6.92 Å². The molecule has 0 fully saturated rings. The molecule has 0 heterocycles. The molecule has 0 aliphatic carbocycles. The number of aryl methyl sites for hydroxylation is 1. The highest BCUT2D eigenvalue weighted by atomic mass is 31.2. The van der Waals surface area contributed by atoms with Crippen LogP contribution in [0.2, 0.25) is 0 Å². The van der Waals surface area contributed by atoms with Crippen LogP contribution in [-0.2, 0) is 9.09 Å². The van der Waals surface area contributed by atoms with Gasteiger partial charge in [0.15, 0.2) is 0 Å². The highest BCUT2D eigenvalue weighted by Gasteiger charge is 2.24. The number of unbranched alkanes of at least 4 members (excludes halogenated alkanes) is 1. The maximum absolute atomic E-state index is 12.5. The lowest BCUT2D eigenvalue weighted by Crippen LogP contribution is -2.12. The van der Waals surface area contributed by atoms with Crippen LogP contribution in [0.25, 0.3) is 0 Å². The standard InChI is InChI=1S/C12H19O2P/c1-4-5-10-15(13,14-3)12-9-7-6-8-11(12)2/h6-9H,4-5,10H2,1-3H3. The van der Waals surface area contributed by atoms with Gasteiger partial charge in [0.25, 0.3) is 0 Å². The Morgan fingerprint density at radius 2 is 2.00 bits per heavy atom. The zero-order chi connectivity index (χ0) is 11.3. The topological polar surface area (TPSA) is 26.3 Å². The summed E-state index contributed by atoms with van der Waals surface area (Å²) in [5.74, 6) is 0. The van der Waals surface area contributed by atoms with Crippen molar-refractivity contribution < 1.29 is 9.09 Å². The second-order valence-corrected chi connectivity index (χ2v) is 6.36. The largest absolute Gasteiger partial charge is 0.329 e.